The van der Waals surface area contributed by atoms with Crippen molar-refractivity contribution in [3.05, 3.63) is 30.3 Å². The van der Waals surface area contributed by atoms with Gasteiger partial charge in [0.05, 0.1) is 0 Å². The van der Waals surface area contributed by atoms with E-state index in [1.807, 2.05) is 0 Å². The Bertz CT molecular complexity index is 376. The van der Waals surface area contributed by atoms with Crippen LogP contribution in [0.4, 0.5) is 5.69 Å². The molecule has 0 N–H and O–H groups in total. The van der Waals surface area contributed by atoms with Gasteiger partial charge in [-0.15, -0.1) is 0 Å². The number of hydrogen-bond donors (Lipinski definition) is 0. The van der Waals surface area contributed by atoms with Crippen molar-refractivity contribution in [2.45, 2.75) is 44.7 Å². The number of piperazine rings is 1. The van der Waals surface area contributed by atoms with Gasteiger partial charge in [0.2, 0.25) is 0 Å². The molecule has 0 amide bonds. The van der Waals surface area contributed by atoms with Crippen molar-refractivity contribution in [2.75, 3.05) is 24.5 Å². The monoisotopic (exact) mass is 244 g/mol. The summed E-state index contributed by atoms with van der Waals surface area (Å²) in [6.07, 6.45) is 5.46. The summed E-state index contributed by atoms with van der Waals surface area (Å²) in [7, 11) is 0. The third-order valence-corrected chi connectivity index (χ3v) is 4.60. The maximum atomic E-state index is 2.73. The zero-order chi connectivity index (χ0) is 12.4. The lowest BCUT2D eigenvalue weighted by Crippen LogP contribution is -2.59. The molecule has 2 aliphatic heterocycles. The van der Waals surface area contributed by atoms with E-state index in [2.05, 4.69) is 47.1 Å². The van der Waals surface area contributed by atoms with Crippen LogP contribution in [0.1, 0.15) is 32.6 Å². The average Bonchev–Trinajstić information content (AvgIpc) is 2.46. The van der Waals surface area contributed by atoms with Gasteiger partial charge in [-0.2, -0.15) is 0 Å². The fourth-order valence-corrected chi connectivity index (χ4v) is 3.54. The maximum absolute atomic E-state index is 2.73. The van der Waals surface area contributed by atoms with Crippen molar-refractivity contribution in [3.63, 3.8) is 0 Å². The molecular formula is C16H24N2. The molecule has 1 aromatic rings. The fraction of sp³-hybridized carbons (Fsp3) is 0.625. The maximum Gasteiger partial charge on any atom is 0.0415 e. The van der Waals surface area contributed by atoms with Crippen LogP contribution in [0.3, 0.4) is 0 Å². The molecule has 2 heterocycles. The largest absolute Gasteiger partial charge is 0.366 e. The second-order valence-electron chi connectivity index (χ2n) is 5.69. The number of para-hydroxylation sites is 1. The van der Waals surface area contributed by atoms with Gasteiger partial charge in [0.15, 0.2) is 0 Å². The number of anilines is 1. The van der Waals surface area contributed by atoms with Crippen LogP contribution >= 0.6 is 0 Å². The second kappa shape index (κ2) is 5.31. The standard InChI is InChI=1S/C16H24N2/c1-2-14-12-17-11-7-6-10-16(17)13-18(14)15-8-4-3-5-9-15/h3-5,8-9,14,16H,2,6-7,10-13H2,1H3. The number of piperidine rings is 1. The number of hydrogen-bond acceptors (Lipinski definition) is 2. The van der Waals surface area contributed by atoms with E-state index in [-0.39, 0.29) is 0 Å². The van der Waals surface area contributed by atoms with Gasteiger partial charge in [0.25, 0.3) is 0 Å². The fourth-order valence-electron chi connectivity index (χ4n) is 3.54. The molecule has 2 saturated heterocycles. The van der Waals surface area contributed by atoms with Gasteiger partial charge in [0.1, 0.15) is 0 Å². The summed E-state index contributed by atoms with van der Waals surface area (Å²) >= 11 is 0. The van der Waals surface area contributed by atoms with Crippen molar-refractivity contribution in [2.24, 2.45) is 0 Å². The van der Waals surface area contributed by atoms with Gasteiger partial charge in [-0.25, -0.2) is 0 Å². The summed E-state index contributed by atoms with van der Waals surface area (Å²) in [6.45, 7) is 6.13. The van der Waals surface area contributed by atoms with Crippen LogP contribution in [-0.2, 0) is 0 Å². The molecule has 0 bridgehead atoms. The number of benzene rings is 1. The SMILES string of the molecule is CCC1CN2CCCCC2CN1c1ccccc1. The second-order valence-corrected chi connectivity index (χ2v) is 5.69. The molecule has 2 aliphatic rings. The molecule has 2 fully saturated rings. The van der Waals surface area contributed by atoms with E-state index < -0.39 is 0 Å². The summed E-state index contributed by atoms with van der Waals surface area (Å²) in [4.78, 5) is 5.38. The molecule has 0 spiro atoms. The van der Waals surface area contributed by atoms with Crippen molar-refractivity contribution in [3.8, 4) is 0 Å². The predicted molar refractivity (Wildman–Crippen MR) is 77.1 cm³/mol. The Kier molecular flexibility index (Phi) is 3.55. The Balaban J connectivity index is 1.80. The van der Waals surface area contributed by atoms with Gasteiger partial charge in [-0.1, -0.05) is 31.5 Å². The molecule has 98 valence electrons. The van der Waals surface area contributed by atoms with E-state index in [4.69, 9.17) is 0 Å². The summed E-state index contributed by atoms with van der Waals surface area (Å²) in [6, 6.07) is 12.5. The predicted octanol–water partition coefficient (Wildman–Crippen LogP) is 3.14. The third-order valence-electron chi connectivity index (χ3n) is 4.60. The minimum atomic E-state index is 0.696. The first kappa shape index (κ1) is 12.0. The summed E-state index contributed by atoms with van der Waals surface area (Å²) < 4.78 is 0. The van der Waals surface area contributed by atoms with Gasteiger partial charge in [0, 0.05) is 30.9 Å². The van der Waals surface area contributed by atoms with Gasteiger partial charge in [-0.05, 0) is 37.9 Å². The Hall–Kier alpha value is -1.02. The molecule has 1 aromatic carbocycles. The lowest BCUT2D eigenvalue weighted by molar-refractivity contribution is 0.111. The van der Waals surface area contributed by atoms with E-state index in [9.17, 15) is 0 Å². The van der Waals surface area contributed by atoms with Crippen molar-refractivity contribution >= 4 is 5.69 Å². The molecule has 2 unspecified atom stereocenters. The summed E-state index contributed by atoms with van der Waals surface area (Å²) in [5, 5.41) is 0. The topological polar surface area (TPSA) is 6.48 Å². The van der Waals surface area contributed by atoms with Crippen molar-refractivity contribution < 1.29 is 0 Å². The Morgan fingerprint density at radius 2 is 1.94 bits per heavy atom. The first-order chi connectivity index (χ1) is 8.88. The van der Waals surface area contributed by atoms with Crippen LogP contribution in [0.5, 0.6) is 0 Å². The molecule has 2 atom stereocenters. The third kappa shape index (κ3) is 2.26. The minimum absolute atomic E-state index is 0.696. The summed E-state index contributed by atoms with van der Waals surface area (Å²) in [5.74, 6) is 0. The first-order valence-corrected chi connectivity index (χ1v) is 7.44. The lowest BCUT2D eigenvalue weighted by Gasteiger charge is -2.49. The van der Waals surface area contributed by atoms with Crippen molar-refractivity contribution in [1.29, 1.82) is 0 Å². The molecule has 0 radical (unpaired) electrons. The highest BCUT2D eigenvalue weighted by Gasteiger charge is 2.33. The van der Waals surface area contributed by atoms with E-state index >= 15 is 0 Å². The Morgan fingerprint density at radius 1 is 1.11 bits per heavy atom. The molecule has 2 nitrogen and oxygen atoms in total. The zero-order valence-electron chi connectivity index (χ0n) is 11.4. The zero-order valence-corrected chi connectivity index (χ0v) is 11.4. The Morgan fingerprint density at radius 3 is 2.72 bits per heavy atom. The molecule has 0 aliphatic carbocycles. The molecule has 18 heavy (non-hydrogen) atoms. The van der Waals surface area contributed by atoms with Gasteiger partial charge in [-0.3, -0.25) is 4.90 Å². The van der Waals surface area contributed by atoms with E-state index in [1.54, 1.807) is 0 Å². The van der Waals surface area contributed by atoms with Crippen LogP contribution in [0.25, 0.3) is 0 Å². The van der Waals surface area contributed by atoms with Crippen LogP contribution in [-0.4, -0.2) is 36.6 Å². The highest BCUT2D eigenvalue weighted by molar-refractivity contribution is 5.48. The number of nitrogens with zero attached hydrogens (tertiary/aromatic N) is 2. The highest BCUT2D eigenvalue weighted by Crippen LogP contribution is 2.29. The average molecular weight is 244 g/mol. The number of fused-ring (bicyclic) bond motifs is 1. The lowest BCUT2D eigenvalue weighted by atomic mass is 9.95. The van der Waals surface area contributed by atoms with E-state index in [0.717, 1.165) is 6.04 Å². The van der Waals surface area contributed by atoms with Gasteiger partial charge >= 0.3 is 0 Å². The smallest absolute Gasteiger partial charge is 0.0415 e. The molecule has 2 heteroatoms. The van der Waals surface area contributed by atoms with Crippen LogP contribution in [0, 0.1) is 0 Å². The van der Waals surface area contributed by atoms with Crippen molar-refractivity contribution in [1.82, 2.24) is 4.90 Å². The van der Waals surface area contributed by atoms with Crippen LogP contribution in [0.2, 0.25) is 0 Å². The number of rotatable bonds is 2. The molecule has 3 rings (SSSR count). The molecule has 0 aromatic heterocycles. The summed E-state index contributed by atoms with van der Waals surface area (Å²) in [5.41, 5.74) is 1.41. The molecular weight excluding hydrogens is 220 g/mol. The van der Waals surface area contributed by atoms with Gasteiger partial charge < -0.3 is 4.90 Å². The first-order valence-electron chi connectivity index (χ1n) is 7.44. The van der Waals surface area contributed by atoms with Crippen LogP contribution < -0.4 is 4.90 Å². The quantitative estimate of drug-likeness (QED) is 0.788. The van der Waals surface area contributed by atoms with E-state index in [1.165, 1.54) is 51.0 Å². The minimum Gasteiger partial charge on any atom is -0.366 e. The van der Waals surface area contributed by atoms with Crippen LogP contribution in [0.15, 0.2) is 30.3 Å². The normalized spacial score (nSPS) is 29.1. The van der Waals surface area contributed by atoms with E-state index in [0.29, 0.717) is 6.04 Å². The highest BCUT2D eigenvalue weighted by atomic mass is 15.3. The molecule has 0 saturated carbocycles. The Labute approximate surface area is 111 Å².